The van der Waals surface area contributed by atoms with Gasteiger partial charge in [0, 0.05) is 17.8 Å². The van der Waals surface area contributed by atoms with Crippen molar-refractivity contribution in [3.8, 4) is 11.5 Å². The molecule has 0 N–H and O–H groups in total. The van der Waals surface area contributed by atoms with Gasteiger partial charge in [-0.05, 0) is 49.2 Å². The molecule has 160 valence electrons. The molecule has 2 rings (SSSR count). The third-order valence-electron chi connectivity index (χ3n) is 4.57. The fourth-order valence-electron chi connectivity index (χ4n) is 2.84. The first-order chi connectivity index (χ1) is 14.0. The smallest absolute Gasteiger partial charge is 0.324 e. The second-order valence-corrected chi connectivity index (χ2v) is 9.75. The molecule has 0 radical (unpaired) electrons. The number of aliphatic carboxylic acids is 1. The van der Waals surface area contributed by atoms with Gasteiger partial charge in [-0.1, -0.05) is 63.0 Å². The van der Waals surface area contributed by atoms with Crippen LogP contribution in [0.4, 0.5) is 0 Å². The molecule has 0 bridgehead atoms. The van der Waals surface area contributed by atoms with E-state index in [1.807, 2.05) is 0 Å². The van der Waals surface area contributed by atoms with Gasteiger partial charge in [-0.2, -0.15) is 0 Å². The molecule has 0 aromatic heterocycles. The number of hydrogen-bond donors (Lipinski definition) is 0. The van der Waals surface area contributed by atoms with Crippen molar-refractivity contribution in [2.75, 3.05) is 0 Å². The summed E-state index contributed by atoms with van der Waals surface area (Å²) >= 11 is 6.30. The van der Waals surface area contributed by atoms with Gasteiger partial charge in [-0.15, -0.1) is 0 Å². The zero-order valence-corrected chi connectivity index (χ0v) is 19.9. The van der Waals surface area contributed by atoms with E-state index in [0.29, 0.717) is 22.6 Å². The van der Waals surface area contributed by atoms with Gasteiger partial charge in [0.2, 0.25) is 0 Å². The lowest BCUT2D eigenvalue weighted by Crippen LogP contribution is -2.34. The second kappa shape index (κ2) is 10.2. The van der Waals surface area contributed by atoms with Crippen molar-refractivity contribution >= 4 is 49.8 Å². The van der Waals surface area contributed by atoms with Gasteiger partial charge in [0.05, 0.1) is 0 Å². The quantitative estimate of drug-likeness (QED) is 0.289. The van der Waals surface area contributed by atoms with Gasteiger partial charge < -0.3 is 19.4 Å². The zero-order chi connectivity index (χ0) is 22.5. The molecular weight excluding hydrogens is 520 g/mol. The van der Waals surface area contributed by atoms with Crippen LogP contribution in [0.1, 0.15) is 38.3 Å². The molecule has 30 heavy (non-hydrogen) atoms. The predicted octanol–water partition coefficient (Wildman–Crippen LogP) is 3.51. The number of benzene rings is 2. The van der Waals surface area contributed by atoms with Crippen molar-refractivity contribution in [3.05, 3.63) is 59.7 Å². The molecule has 0 spiro atoms. The van der Waals surface area contributed by atoms with E-state index in [4.69, 9.17) is 9.47 Å². The molecule has 0 saturated carbocycles. The van der Waals surface area contributed by atoms with Crippen LogP contribution in [0.3, 0.4) is 0 Å². The summed E-state index contributed by atoms with van der Waals surface area (Å²) in [4.78, 5) is 34.0. The molecule has 2 atom stereocenters. The maximum absolute atomic E-state index is 11.7. The average molecular weight is 541 g/mol. The Morgan fingerprint density at radius 1 is 0.833 bits per heavy atom. The van der Waals surface area contributed by atoms with Crippen LogP contribution in [0.25, 0.3) is 0 Å². The number of halogens is 2. The average Bonchev–Trinajstić information content (AvgIpc) is 2.68. The van der Waals surface area contributed by atoms with Gasteiger partial charge in [-0.3, -0.25) is 9.59 Å². The lowest BCUT2D eigenvalue weighted by atomic mass is 9.74. The van der Waals surface area contributed by atoms with E-state index >= 15 is 0 Å². The monoisotopic (exact) mass is 539 g/mol. The van der Waals surface area contributed by atoms with E-state index in [0.717, 1.165) is 0 Å². The van der Waals surface area contributed by atoms with E-state index < -0.39 is 33.0 Å². The van der Waals surface area contributed by atoms with Crippen LogP contribution in [0, 0.1) is 0 Å². The van der Waals surface area contributed by atoms with E-state index in [-0.39, 0.29) is 6.42 Å². The van der Waals surface area contributed by atoms with Crippen molar-refractivity contribution in [1.82, 2.24) is 0 Å². The molecule has 6 nitrogen and oxygen atoms in total. The number of carboxylic acid groups (broad SMARTS) is 1. The molecule has 0 heterocycles. The number of ether oxygens (including phenoxy) is 2. The summed E-state index contributed by atoms with van der Waals surface area (Å²) in [6.45, 7) is 5.10. The van der Waals surface area contributed by atoms with Crippen molar-refractivity contribution < 1.29 is 29.0 Å². The van der Waals surface area contributed by atoms with E-state index in [1.54, 1.807) is 69.3 Å². The third kappa shape index (κ3) is 6.15. The zero-order valence-electron chi connectivity index (χ0n) is 16.7. The first-order valence-electron chi connectivity index (χ1n) is 9.15. The van der Waals surface area contributed by atoms with E-state index in [9.17, 15) is 19.5 Å². The normalized spacial score (nSPS) is 14.8. The molecule has 0 saturated heterocycles. The Morgan fingerprint density at radius 3 is 1.43 bits per heavy atom. The molecule has 0 aliphatic rings. The lowest BCUT2D eigenvalue weighted by molar-refractivity contribution is -0.306. The fourth-order valence-corrected chi connectivity index (χ4v) is 3.02. The number of rotatable bonds is 8. The topological polar surface area (TPSA) is 92.7 Å². The molecule has 0 fully saturated rings. The van der Waals surface area contributed by atoms with Crippen molar-refractivity contribution in [2.24, 2.45) is 0 Å². The highest BCUT2D eigenvalue weighted by Crippen LogP contribution is 2.37. The summed E-state index contributed by atoms with van der Waals surface area (Å²) in [5, 5.41) is 11.5. The minimum atomic E-state index is -1.20. The van der Waals surface area contributed by atoms with Gasteiger partial charge in [0.15, 0.2) is 0 Å². The molecule has 8 heteroatoms. The van der Waals surface area contributed by atoms with Gasteiger partial charge in [0.25, 0.3) is 0 Å². The van der Waals surface area contributed by atoms with Crippen LogP contribution in [0.15, 0.2) is 48.5 Å². The number of esters is 2. The molecule has 0 aliphatic carbocycles. The minimum absolute atomic E-state index is 0.262. The Bertz CT molecular complexity index is 839. The fraction of sp³-hybridized carbons (Fsp3) is 0.318. The second-order valence-electron chi connectivity index (χ2n) is 7.00. The van der Waals surface area contributed by atoms with Crippen LogP contribution in [-0.4, -0.2) is 27.6 Å². The summed E-state index contributed by atoms with van der Waals surface area (Å²) in [7, 11) is 0. The molecular formula is C22H21Br2O6-. The summed E-state index contributed by atoms with van der Waals surface area (Å²) in [6, 6.07) is 13.3. The SMILES string of the molecule is CC(Br)C(=O)Oc1ccc(C(C)(CC(=O)[O-])c2ccc(OC(=O)C(C)Br)cc2)cc1. The molecule has 2 aromatic rings. The Morgan fingerprint density at radius 2 is 1.17 bits per heavy atom. The highest BCUT2D eigenvalue weighted by atomic mass is 79.9. The van der Waals surface area contributed by atoms with Crippen LogP contribution in [0.5, 0.6) is 11.5 Å². The van der Waals surface area contributed by atoms with Gasteiger partial charge in [-0.25, -0.2) is 0 Å². The summed E-state index contributed by atoms with van der Waals surface area (Å²) in [5.41, 5.74) is 0.504. The number of carbonyl (C=O) groups excluding carboxylic acids is 3. The van der Waals surface area contributed by atoms with Crippen LogP contribution >= 0.6 is 31.9 Å². The van der Waals surface area contributed by atoms with E-state index in [1.165, 1.54) is 0 Å². The van der Waals surface area contributed by atoms with E-state index in [2.05, 4.69) is 31.9 Å². The number of hydrogen-bond acceptors (Lipinski definition) is 6. The van der Waals surface area contributed by atoms with Crippen LogP contribution in [-0.2, 0) is 19.8 Å². The summed E-state index contributed by atoms with van der Waals surface area (Å²) in [5.74, 6) is -1.34. The Kier molecular flexibility index (Phi) is 8.20. The number of alkyl halides is 2. The summed E-state index contributed by atoms with van der Waals surface area (Å²) < 4.78 is 10.5. The molecule has 0 aliphatic heterocycles. The van der Waals surface area contributed by atoms with Crippen LogP contribution in [0.2, 0.25) is 0 Å². The molecule has 2 aromatic carbocycles. The predicted molar refractivity (Wildman–Crippen MR) is 117 cm³/mol. The number of carboxylic acids is 1. The lowest BCUT2D eigenvalue weighted by Gasteiger charge is -2.31. The van der Waals surface area contributed by atoms with Crippen molar-refractivity contribution in [3.63, 3.8) is 0 Å². The van der Waals surface area contributed by atoms with Gasteiger partial charge >= 0.3 is 11.9 Å². The maximum Gasteiger partial charge on any atom is 0.324 e. The Balaban J connectivity index is 2.32. The molecule has 2 unspecified atom stereocenters. The van der Waals surface area contributed by atoms with Crippen molar-refractivity contribution in [2.45, 2.75) is 42.3 Å². The van der Waals surface area contributed by atoms with Crippen molar-refractivity contribution in [1.29, 1.82) is 0 Å². The van der Waals surface area contributed by atoms with Gasteiger partial charge in [0.1, 0.15) is 21.2 Å². The van der Waals surface area contributed by atoms with Crippen LogP contribution < -0.4 is 14.6 Å². The first-order valence-corrected chi connectivity index (χ1v) is 11.0. The maximum atomic E-state index is 11.7. The highest BCUT2D eigenvalue weighted by Gasteiger charge is 2.29. The Labute approximate surface area is 191 Å². The largest absolute Gasteiger partial charge is 0.550 e. The standard InChI is InChI=1S/C22H22Br2O6/c1-13(23)20(27)29-17-8-4-15(5-9-17)22(3,12-19(25)26)16-6-10-18(11-7-16)30-21(28)14(2)24/h4-11,13-14H,12H2,1-3H3,(H,25,26)/p-1. The Hall–Kier alpha value is -2.19. The molecule has 0 amide bonds. The first kappa shape index (κ1) is 24.1. The summed E-state index contributed by atoms with van der Waals surface area (Å²) in [6.07, 6.45) is -0.262. The third-order valence-corrected chi connectivity index (χ3v) is 5.31. The minimum Gasteiger partial charge on any atom is -0.550 e. The highest BCUT2D eigenvalue weighted by molar-refractivity contribution is 9.10. The number of carbonyl (C=O) groups is 3.